The number of aliphatic hydroxyl groups is 1. The smallest absolute Gasteiger partial charge is 0.275 e. The summed E-state index contributed by atoms with van der Waals surface area (Å²) in [4.78, 5) is 20.7. The van der Waals surface area contributed by atoms with Gasteiger partial charge in [0.15, 0.2) is 0 Å². The van der Waals surface area contributed by atoms with Gasteiger partial charge >= 0.3 is 0 Å². The topological polar surface area (TPSA) is 105 Å². The third kappa shape index (κ3) is 4.12. The van der Waals surface area contributed by atoms with E-state index in [4.69, 9.17) is 15.1 Å². The highest BCUT2D eigenvalue weighted by Gasteiger charge is 2.13. The highest BCUT2D eigenvalue weighted by Crippen LogP contribution is 2.28. The average Bonchev–Trinajstić information content (AvgIpc) is 2.80. The molecule has 7 nitrogen and oxygen atoms in total. The van der Waals surface area contributed by atoms with Gasteiger partial charge in [0, 0.05) is 30.0 Å². The van der Waals surface area contributed by atoms with Crippen molar-refractivity contribution in [1.82, 2.24) is 15.4 Å². The Morgan fingerprint density at radius 3 is 2.37 bits per heavy atom. The summed E-state index contributed by atoms with van der Waals surface area (Å²) in [6.45, 7) is 0.114. The van der Waals surface area contributed by atoms with Crippen LogP contribution in [0.1, 0.15) is 15.9 Å². The van der Waals surface area contributed by atoms with Gasteiger partial charge in [0.05, 0.1) is 16.8 Å². The number of amides is 1. The van der Waals surface area contributed by atoms with E-state index in [1.165, 1.54) is 0 Å². The first-order valence-electron chi connectivity index (χ1n) is 9.35. The molecule has 2 aromatic carbocycles. The summed E-state index contributed by atoms with van der Waals surface area (Å²) >= 11 is 0. The Morgan fingerprint density at radius 1 is 1.00 bits per heavy atom. The predicted molar refractivity (Wildman–Crippen MR) is 112 cm³/mol. The Bertz CT molecular complexity index is 1180. The molecule has 2 heterocycles. The molecular formula is C23H19N3O4. The van der Waals surface area contributed by atoms with Gasteiger partial charge in [-0.2, -0.15) is 0 Å². The zero-order chi connectivity index (χ0) is 20.9. The van der Waals surface area contributed by atoms with E-state index in [2.05, 4.69) is 9.97 Å². The summed E-state index contributed by atoms with van der Waals surface area (Å²) in [5, 5.41) is 18.6. The van der Waals surface area contributed by atoms with Crippen LogP contribution in [0.5, 0.6) is 11.5 Å². The summed E-state index contributed by atoms with van der Waals surface area (Å²) in [7, 11) is 0. The minimum Gasteiger partial charge on any atom is -0.457 e. The third-order valence-corrected chi connectivity index (χ3v) is 4.67. The van der Waals surface area contributed by atoms with Gasteiger partial charge < -0.3 is 9.84 Å². The van der Waals surface area contributed by atoms with Crippen LogP contribution in [0.15, 0.2) is 73.1 Å². The first-order chi connectivity index (χ1) is 14.7. The maximum Gasteiger partial charge on any atom is 0.275 e. The van der Waals surface area contributed by atoms with Crippen molar-refractivity contribution in [1.29, 1.82) is 0 Å². The SMILES string of the molecule is O=C(NO)c1cc(-c2ccc(Oc3ccc(CCO)cc3)cc2)nc2ccncc12. The number of nitrogens with one attached hydrogen (secondary N) is 1. The Morgan fingerprint density at radius 2 is 1.70 bits per heavy atom. The molecule has 4 aromatic rings. The fraction of sp³-hybridized carbons (Fsp3) is 0.0870. The Kier molecular flexibility index (Phi) is 5.65. The number of aliphatic hydroxyl groups excluding tert-OH is 1. The molecule has 0 spiro atoms. The lowest BCUT2D eigenvalue weighted by atomic mass is 10.0. The van der Waals surface area contributed by atoms with Crippen LogP contribution in [-0.2, 0) is 6.42 Å². The normalized spacial score (nSPS) is 10.7. The molecule has 0 saturated heterocycles. The number of ether oxygens (including phenoxy) is 1. The summed E-state index contributed by atoms with van der Waals surface area (Å²) in [5.41, 5.74) is 4.99. The molecule has 30 heavy (non-hydrogen) atoms. The lowest BCUT2D eigenvalue weighted by molar-refractivity contribution is 0.0708. The first-order valence-corrected chi connectivity index (χ1v) is 9.35. The second-order valence-corrected chi connectivity index (χ2v) is 6.63. The van der Waals surface area contributed by atoms with E-state index in [0.717, 1.165) is 11.1 Å². The van der Waals surface area contributed by atoms with Crippen LogP contribution < -0.4 is 10.2 Å². The molecule has 150 valence electrons. The number of hydroxylamine groups is 1. The number of hydrogen-bond donors (Lipinski definition) is 3. The highest BCUT2D eigenvalue weighted by molar-refractivity contribution is 6.06. The lowest BCUT2D eigenvalue weighted by Crippen LogP contribution is -2.19. The van der Waals surface area contributed by atoms with E-state index in [-0.39, 0.29) is 12.2 Å². The number of benzene rings is 2. The molecule has 0 aliphatic carbocycles. The number of carbonyl (C=O) groups is 1. The quantitative estimate of drug-likeness (QED) is 0.336. The van der Waals surface area contributed by atoms with Gasteiger partial charge in [-0.1, -0.05) is 12.1 Å². The molecule has 7 heteroatoms. The van der Waals surface area contributed by atoms with Crippen molar-refractivity contribution in [2.45, 2.75) is 6.42 Å². The number of pyridine rings is 2. The molecule has 0 aliphatic heterocycles. The van der Waals surface area contributed by atoms with Crippen LogP contribution in [0, 0.1) is 0 Å². The molecule has 0 saturated carbocycles. The molecule has 0 unspecified atom stereocenters. The lowest BCUT2D eigenvalue weighted by Gasteiger charge is -2.10. The number of fused-ring (bicyclic) bond motifs is 1. The Labute approximate surface area is 172 Å². The van der Waals surface area contributed by atoms with Crippen molar-refractivity contribution >= 4 is 16.8 Å². The van der Waals surface area contributed by atoms with Crippen molar-refractivity contribution in [3.63, 3.8) is 0 Å². The van der Waals surface area contributed by atoms with Crippen LogP contribution in [0.4, 0.5) is 0 Å². The molecular weight excluding hydrogens is 382 g/mol. The van der Waals surface area contributed by atoms with Crippen molar-refractivity contribution in [2.75, 3.05) is 6.61 Å². The minimum atomic E-state index is -0.624. The fourth-order valence-electron chi connectivity index (χ4n) is 3.15. The second-order valence-electron chi connectivity index (χ2n) is 6.63. The summed E-state index contributed by atoms with van der Waals surface area (Å²) in [6, 6.07) is 18.2. The number of hydrogen-bond acceptors (Lipinski definition) is 6. The van der Waals surface area contributed by atoms with Gasteiger partial charge in [-0.25, -0.2) is 10.5 Å². The fourth-order valence-corrected chi connectivity index (χ4v) is 3.15. The van der Waals surface area contributed by atoms with Crippen molar-refractivity contribution in [3.8, 4) is 22.8 Å². The number of nitrogens with zero attached hydrogens (tertiary/aromatic N) is 2. The molecule has 0 bridgehead atoms. The Balaban J connectivity index is 1.61. The van der Waals surface area contributed by atoms with E-state index in [1.54, 1.807) is 30.0 Å². The van der Waals surface area contributed by atoms with E-state index < -0.39 is 5.91 Å². The summed E-state index contributed by atoms with van der Waals surface area (Å²) in [5.74, 6) is 0.732. The standard InChI is InChI=1S/C23H19N3O4/c27-12-10-15-1-5-17(6-2-15)30-18-7-3-16(4-8-18)22-13-19(23(28)26-29)20-14-24-11-9-21(20)25-22/h1-9,11,13-14,27,29H,10,12H2,(H,26,28). The number of rotatable bonds is 6. The zero-order valence-electron chi connectivity index (χ0n) is 15.9. The average molecular weight is 401 g/mol. The zero-order valence-corrected chi connectivity index (χ0v) is 15.9. The molecule has 4 rings (SSSR count). The third-order valence-electron chi connectivity index (χ3n) is 4.67. The molecule has 0 aliphatic rings. The molecule has 2 aromatic heterocycles. The largest absolute Gasteiger partial charge is 0.457 e. The van der Waals surface area contributed by atoms with Gasteiger partial charge in [0.1, 0.15) is 11.5 Å². The first kappa shape index (κ1) is 19.5. The van der Waals surface area contributed by atoms with Gasteiger partial charge in [-0.05, 0) is 60.5 Å². The van der Waals surface area contributed by atoms with Crippen LogP contribution >= 0.6 is 0 Å². The van der Waals surface area contributed by atoms with E-state index in [0.29, 0.717) is 34.5 Å². The predicted octanol–water partition coefficient (Wildman–Crippen LogP) is 3.74. The summed E-state index contributed by atoms with van der Waals surface area (Å²) in [6.07, 6.45) is 3.75. The summed E-state index contributed by atoms with van der Waals surface area (Å²) < 4.78 is 5.86. The van der Waals surface area contributed by atoms with Crippen molar-refractivity contribution in [2.24, 2.45) is 0 Å². The van der Waals surface area contributed by atoms with E-state index >= 15 is 0 Å². The van der Waals surface area contributed by atoms with Gasteiger partial charge in [0.25, 0.3) is 5.91 Å². The molecule has 3 N–H and O–H groups in total. The van der Waals surface area contributed by atoms with Crippen molar-refractivity contribution < 1.29 is 19.8 Å². The maximum atomic E-state index is 12.1. The van der Waals surface area contributed by atoms with Crippen molar-refractivity contribution in [3.05, 3.63) is 84.2 Å². The highest BCUT2D eigenvalue weighted by atomic mass is 16.5. The molecule has 1 amide bonds. The molecule has 0 fully saturated rings. The van der Waals surface area contributed by atoms with Crippen LogP contribution in [0.25, 0.3) is 22.2 Å². The molecule has 0 atom stereocenters. The monoisotopic (exact) mass is 401 g/mol. The van der Waals surface area contributed by atoms with E-state index in [9.17, 15) is 4.79 Å². The number of carbonyl (C=O) groups excluding carboxylic acids is 1. The molecule has 0 radical (unpaired) electrons. The minimum absolute atomic E-state index is 0.114. The number of aromatic nitrogens is 2. The maximum absolute atomic E-state index is 12.1. The van der Waals surface area contributed by atoms with E-state index in [1.807, 2.05) is 48.5 Å². The van der Waals surface area contributed by atoms with Crippen LogP contribution in [-0.4, -0.2) is 32.8 Å². The second kappa shape index (κ2) is 8.69. The Hall–Kier alpha value is -3.81. The van der Waals surface area contributed by atoms with Gasteiger partial charge in [-0.3, -0.25) is 15.0 Å². The van der Waals surface area contributed by atoms with Crippen LogP contribution in [0.2, 0.25) is 0 Å². The van der Waals surface area contributed by atoms with Gasteiger partial charge in [-0.15, -0.1) is 0 Å². The van der Waals surface area contributed by atoms with Crippen LogP contribution in [0.3, 0.4) is 0 Å². The van der Waals surface area contributed by atoms with Gasteiger partial charge in [0.2, 0.25) is 0 Å².